The van der Waals surface area contributed by atoms with Crippen LogP contribution in [0.25, 0.3) is 0 Å². The lowest BCUT2D eigenvalue weighted by atomic mass is 10.0. The molecule has 12 heavy (non-hydrogen) atoms. The first-order chi connectivity index (χ1) is 5.65. The average molecular weight is 166 g/mol. The van der Waals surface area contributed by atoms with E-state index >= 15 is 0 Å². The molecule has 0 saturated carbocycles. The Bertz CT molecular complexity index is 271. The summed E-state index contributed by atoms with van der Waals surface area (Å²) < 4.78 is 0. The van der Waals surface area contributed by atoms with Crippen LogP contribution < -0.4 is 0 Å². The zero-order valence-electron chi connectivity index (χ0n) is 7.70. The van der Waals surface area contributed by atoms with Crippen LogP contribution in [0.2, 0.25) is 0 Å². The van der Waals surface area contributed by atoms with E-state index in [0.29, 0.717) is 11.7 Å². The minimum absolute atomic E-state index is 0.0841. The van der Waals surface area contributed by atoms with E-state index in [1.165, 1.54) is 0 Å². The maximum atomic E-state index is 8.77. The van der Waals surface area contributed by atoms with Crippen LogP contribution in [0.5, 0.6) is 0 Å². The largest absolute Gasteiger partial charge is 0.388 e. The van der Waals surface area contributed by atoms with Gasteiger partial charge in [-0.15, -0.1) is 0 Å². The number of aliphatic hydroxyl groups excluding tert-OH is 1. The topological polar surface area (TPSA) is 46.0 Å². The zero-order chi connectivity index (χ0) is 9.14. The van der Waals surface area contributed by atoms with Crippen molar-refractivity contribution in [2.45, 2.75) is 33.3 Å². The van der Waals surface area contributed by atoms with E-state index in [1.54, 1.807) is 6.20 Å². The Morgan fingerprint density at radius 1 is 1.50 bits per heavy atom. The standard InChI is InChI=1S/C9H14N2O/c1-6(2)8-4-10-9(5-12)11-7(8)3/h4,6,12H,5H2,1-3H3. The number of aryl methyl sites for hydroxylation is 1. The molecule has 0 unspecified atom stereocenters. The molecule has 0 saturated heterocycles. The zero-order valence-corrected chi connectivity index (χ0v) is 7.70. The third-order valence-electron chi connectivity index (χ3n) is 1.83. The van der Waals surface area contributed by atoms with Crippen molar-refractivity contribution in [1.29, 1.82) is 0 Å². The lowest BCUT2D eigenvalue weighted by Crippen LogP contribution is -2.01. The van der Waals surface area contributed by atoms with Gasteiger partial charge in [0.25, 0.3) is 0 Å². The van der Waals surface area contributed by atoms with Crippen molar-refractivity contribution in [3.8, 4) is 0 Å². The minimum Gasteiger partial charge on any atom is -0.388 e. The molecule has 0 aliphatic carbocycles. The predicted octanol–water partition coefficient (Wildman–Crippen LogP) is 1.40. The second-order valence-electron chi connectivity index (χ2n) is 3.14. The predicted molar refractivity (Wildman–Crippen MR) is 46.8 cm³/mol. The third kappa shape index (κ3) is 1.80. The molecule has 1 N–H and O–H groups in total. The maximum Gasteiger partial charge on any atom is 0.153 e. The molecule has 0 aliphatic rings. The van der Waals surface area contributed by atoms with Crippen molar-refractivity contribution < 1.29 is 5.11 Å². The second-order valence-corrected chi connectivity index (χ2v) is 3.14. The van der Waals surface area contributed by atoms with E-state index in [2.05, 4.69) is 23.8 Å². The van der Waals surface area contributed by atoms with Gasteiger partial charge in [0.1, 0.15) is 6.61 Å². The fourth-order valence-corrected chi connectivity index (χ4v) is 1.17. The van der Waals surface area contributed by atoms with Gasteiger partial charge < -0.3 is 5.11 Å². The first-order valence-corrected chi connectivity index (χ1v) is 4.08. The minimum atomic E-state index is -0.0841. The highest BCUT2D eigenvalue weighted by Gasteiger charge is 2.05. The fourth-order valence-electron chi connectivity index (χ4n) is 1.17. The first-order valence-electron chi connectivity index (χ1n) is 4.08. The summed E-state index contributed by atoms with van der Waals surface area (Å²) in [7, 11) is 0. The Morgan fingerprint density at radius 3 is 2.58 bits per heavy atom. The van der Waals surface area contributed by atoms with Crippen LogP contribution in [0.15, 0.2) is 6.20 Å². The molecule has 66 valence electrons. The van der Waals surface area contributed by atoms with Gasteiger partial charge in [-0.05, 0) is 18.4 Å². The molecule has 1 heterocycles. The molecule has 0 radical (unpaired) electrons. The van der Waals surface area contributed by atoms with E-state index in [1.807, 2.05) is 6.92 Å². The molecule has 1 aromatic rings. The number of nitrogens with zero attached hydrogens (tertiary/aromatic N) is 2. The van der Waals surface area contributed by atoms with Gasteiger partial charge in [0.15, 0.2) is 5.82 Å². The van der Waals surface area contributed by atoms with Crippen molar-refractivity contribution in [2.75, 3.05) is 0 Å². The maximum absolute atomic E-state index is 8.77. The highest BCUT2D eigenvalue weighted by molar-refractivity contribution is 5.19. The van der Waals surface area contributed by atoms with Gasteiger partial charge in [-0.25, -0.2) is 9.97 Å². The number of hydrogen-bond donors (Lipinski definition) is 1. The molecular weight excluding hydrogens is 152 g/mol. The van der Waals surface area contributed by atoms with Crippen LogP contribution >= 0.6 is 0 Å². The van der Waals surface area contributed by atoms with Crippen molar-refractivity contribution in [2.24, 2.45) is 0 Å². The smallest absolute Gasteiger partial charge is 0.153 e. The number of aromatic nitrogens is 2. The Kier molecular flexibility index (Phi) is 2.76. The van der Waals surface area contributed by atoms with Crippen molar-refractivity contribution in [3.63, 3.8) is 0 Å². The van der Waals surface area contributed by atoms with Gasteiger partial charge in [0.05, 0.1) is 0 Å². The van der Waals surface area contributed by atoms with Crippen LogP contribution in [0.3, 0.4) is 0 Å². The summed E-state index contributed by atoms with van der Waals surface area (Å²) in [5, 5.41) is 8.77. The third-order valence-corrected chi connectivity index (χ3v) is 1.83. The lowest BCUT2D eigenvalue weighted by Gasteiger charge is -2.08. The number of aliphatic hydroxyl groups is 1. The van der Waals surface area contributed by atoms with Gasteiger partial charge in [-0.2, -0.15) is 0 Å². The van der Waals surface area contributed by atoms with Gasteiger partial charge in [-0.3, -0.25) is 0 Å². The van der Waals surface area contributed by atoms with Gasteiger partial charge >= 0.3 is 0 Å². The highest BCUT2D eigenvalue weighted by Crippen LogP contribution is 2.15. The Balaban J connectivity index is 3.03. The summed E-state index contributed by atoms with van der Waals surface area (Å²) in [6.07, 6.45) is 1.79. The molecule has 1 aromatic heterocycles. The summed E-state index contributed by atoms with van der Waals surface area (Å²) >= 11 is 0. The normalized spacial score (nSPS) is 10.8. The Hall–Kier alpha value is -0.960. The second kappa shape index (κ2) is 3.63. The summed E-state index contributed by atoms with van der Waals surface area (Å²) in [5.41, 5.74) is 2.11. The van der Waals surface area contributed by atoms with Crippen molar-refractivity contribution >= 4 is 0 Å². The summed E-state index contributed by atoms with van der Waals surface area (Å²) in [4.78, 5) is 8.17. The summed E-state index contributed by atoms with van der Waals surface area (Å²) in [6, 6.07) is 0. The van der Waals surface area contributed by atoms with Crippen molar-refractivity contribution in [3.05, 3.63) is 23.3 Å². The van der Waals surface area contributed by atoms with Crippen LogP contribution in [0.4, 0.5) is 0 Å². The molecule has 3 nitrogen and oxygen atoms in total. The number of rotatable bonds is 2. The SMILES string of the molecule is Cc1nc(CO)ncc1C(C)C. The van der Waals surface area contributed by atoms with E-state index in [-0.39, 0.29) is 6.61 Å². The molecule has 0 fully saturated rings. The molecule has 0 aliphatic heterocycles. The molecule has 0 spiro atoms. The van der Waals surface area contributed by atoms with Crippen LogP contribution in [0.1, 0.15) is 36.8 Å². The summed E-state index contributed by atoms with van der Waals surface area (Å²) in [5.74, 6) is 0.939. The van der Waals surface area contributed by atoms with Gasteiger partial charge in [0, 0.05) is 11.9 Å². The molecule has 1 rings (SSSR count). The van der Waals surface area contributed by atoms with Gasteiger partial charge in [-0.1, -0.05) is 13.8 Å². The van der Waals surface area contributed by atoms with E-state index in [4.69, 9.17) is 5.11 Å². The van der Waals surface area contributed by atoms with E-state index in [0.717, 1.165) is 11.3 Å². The number of hydrogen-bond acceptors (Lipinski definition) is 3. The quantitative estimate of drug-likeness (QED) is 0.722. The lowest BCUT2D eigenvalue weighted by molar-refractivity contribution is 0.271. The monoisotopic (exact) mass is 166 g/mol. The Morgan fingerprint density at radius 2 is 2.17 bits per heavy atom. The molecule has 0 aromatic carbocycles. The molecule has 0 amide bonds. The molecule has 0 bridgehead atoms. The van der Waals surface area contributed by atoms with Crippen molar-refractivity contribution in [1.82, 2.24) is 9.97 Å². The van der Waals surface area contributed by atoms with E-state index in [9.17, 15) is 0 Å². The molecule has 0 atom stereocenters. The molecular formula is C9H14N2O. The summed E-state index contributed by atoms with van der Waals surface area (Å²) in [6.45, 7) is 6.06. The van der Waals surface area contributed by atoms with Crippen LogP contribution in [-0.2, 0) is 6.61 Å². The fraction of sp³-hybridized carbons (Fsp3) is 0.556. The van der Waals surface area contributed by atoms with Gasteiger partial charge in [0.2, 0.25) is 0 Å². The van der Waals surface area contributed by atoms with Crippen LogP contribution in [-0.4, -0.2) is 15.1 Å². The average Bonchev–Trinajstić information content (AvgIpc) is 2.03. The van der Waals surface area contributed by atoms with Crippen LogP contribution in [0, 0.1) is 6.92 Å². The highest BCUT2D eigenvalue weighted by atomic mass is 16.3. The first kappa shape index (κ1) is 9.13. The van der Waals surface area contributed by atoms with E-state index < -0.39 is 0 Å². The Labute approximate surface area is 72.5 Å². The molecule has 3 heteroatoms.